The van der Waals surface area contributed by atoms with Gasteiger partial charge in [-0.3, -0.25) is 9.59 Å². The maximum absolute atomic E-state index is 12.9. The molecule has 4 amide bonds. The van der Waals surface area contributed by atoms with Crippen LogP contribution < -0.4 is 5.32 Å². The molecule has 3 aliphatic rings. The van der Waals surface area contributed by atoms with Crippen LogP contribution in [0, 0.1) is 11.8 Å². The molecule has 0 radical (unpaired) electrons. The number of alkyl halides is 3. The number of carbonyl (C=O) groups excluding carboxylic acids is 3. The number of thioether (sulfide) groups is 1. The number of anilines is 1. The molecular weight excluding hydrogens is 471 g/mol. The van der Waals surface area contributed by atoms with Crippen LogP contribution in [0.4, 0.5) is 23.7 Å². The number of hydrogen-bond acceptors (Lipinski definition) is 6. The van der Waals surface area contributed by atoms with Crippen LogP contribution in [0.1, 0.15) is 31.2 Å². The van der Waals surface area contributed by atoms with E-state index in [-0.39, 0.29) is 17.4 Å². The molecule has 1 unspecified atom stereocenters. The number of benzene rings is 1. The molecule has 34 heavy (non-hydrogen) atoms. The van der Waals surface area contributed by atoms with E-state index in [9.17, 15) is 27.6 Å². The average Bonchev–Trinajstić information content (AvgIpc) is 3.34. The molecule has 1 saturated carbocycles. The SMILES string of the molecule is CN1C(=O)C2C(SCC(=O)Nc3ccc(C(F)(F)F)cc3)=NC(C3CCCC3)=NC2=[N+](C)C1=O. The number of amidine groups is 2. The lowest BCUT2D eigenvalue weighted by Gasteiger charge is -2.27. The highest BCUT2D eigenvalue weighted by atomic mass is 32.2. The van der Waals surface area contributed by atoms with E-state index in [2.05, 4.69) is 15.3 Å². The number of imide groups is 1. The molecule has 8 nitrogen and oxygen atoms in total. The Labute approximate surface area is 198 Å². The van der Waals surface area contributed by atoms with Crippen molar-refractivity contribution in [1.82, 2.24) is 4.90 Å². The van der Waals surface area contributed by atoms with Crippen LogP contribution in [0.3, 0.4) is 0 Å². The molecule has 12 heteroatoms. The van der Waals surface area contributed by atoms with E-state index in [0.29, 0.717) is 16.7 Å². The highest BCUT2D eigenvalue weighted by Gasteiger charge is 2.49. The number of carbonyl (C=O) groups is 3. The molecule has 1 fully saturated rings. The van der Waals surface area contributed by atoms with Gasteiger partial charge in [-0.25, -0.2) is 9.79 Å². The van der Waals surface area contributed by atoms with E-state index in [0.717, 1.165) is 54.5 Å². The van der Waals surface area contributed by atoms with E-state index in [1.54, 1.807) is 7.05 Å². The molecule has 1 N–H and O–H groups in total. The van der Waals surface area contributed by atoms with Crippen molar-refractivity contribution in [1.29, 1.82) is 0 Å². The van der Waals surface area contributed by atoms with Gasteiger partial charge in [0.2, 0.25) is 11.7 Å². The van der Waals surface area contributed by atoms with Crippen molar-refractivity contribution in [3.63, 3.8) is 0 Å². The summed E-state index contributed by atoms with van der Waals surface area (Å²) in [7, 11) is 2.93. The number of hydrogen-bond donors (Lipinski definition) is 1. The van der Waals surface area contributed by atoms with Crippen molar-refractivity contribution in [2.75, 3.05) is 25.2 Å². The topological polar surface area (TPSA) is 94.2 Å². The fourth-order valence-corrected chi connectivity index (χ4v) is 5.03. The van der Waals surface area contributed by atoms with Crippen LogP contribution in [0.15, 0.2) is 34.3 Å². The smallest absolute Gasteiger partial charge is 0.325 e. The second-order valence-electron chi connectivity index (χ2n) is 8.34. The summed E-state index contributed by atoms with van der Waals surface area (Å²) < 4.78 is 39.5. The largest absolute Gasteiger partial charge is 0.445 e. The molecule has 2 heterocycles. The quantitative estimate of drug-likeness (QED) is 0.647. The zero-order chi connectivity index (χ0) is 24.6. The van der Waals surface area contributed by atoms with E-state index >= 15 is 0 Å². The summed E-state index contributed by atoms with van der Waals surface area (Å²) in [6, 6.07) is 3.66. The number of fused-ring (bicyclic) bond motifs is 1. The predicted molar refractivity (Wildman–Crippen MR) is 122 cm³/mol. The molecule has 1 atom stereocenters. The first kappa shape index (κ1) is 24.1. The fourth-order valence-electron chi connectivity index (χ4n) is 4.15. The van der Waals surface area contributed by atoms with Gasteiger partial charge in [0.05, 0.1) is 25.4 Å². The van der Waals surface area contributed by atoms with Gasteiger partial charge in [0.25, 0.3) is 5.84 Å². The first-order chi connectivity index (χ1) is 16.1. The molecule has 4 rings (SSSR count). The Morgan fingerprint density at radius 3 is 2.44 bits per heavy atom. The summed E-state index contributed by atoms with van der Waals surface area (Å²) in [5.41, 5.74) is -0.583. The summed E-state index contributed by atoms with van der Waals surface area (Å²) in [6.07, 6.45) is -0.534. The molecule has 1 aromatic carbocycles. The Morgan fingerprint density at radius 1 is 1.18 bits per heavy atom. The minimum absolute atomic E-state index is 0.115. The lowest BCUT2D eigenvalue weighted by atomic mass is 10.0. The van der Waals surface area contributed by atoms with Crippen LogP contribution in [0.25, 0.3) is 0 Å². The molecule has 0 saturated heterocycles. The number of aliphatic imine (C=N–C) groups is 2. The van der Waals surface area contributed by atoms with Gasteiger partial charge < -0.3 is 5.32 Å². The monoisotopic (exact) mass is 494 g/mol. The Kier molecular flexibility index (Phi) is 6.61. The zero-order valence-corrected chi connectivity index (χ0v) is 19.4. The molecule has 180 valence electrons. The summed E-state index contributed by atoms with van der Waals surface area (Å²) in [5, 5.41) is 2.94. The highest BCUT2D eigenvalue weighted by Crippen LogP contribution is 2.32. The van der Waals surface area contributed by atoms with Crippen LogP contribution >= 0.6 is 11.8 Å². The fraction of sp³-hybridized carbons (Fsp3) is 0.455. The molecule has 0 aromatic heterocycles. The lowest BCUT2D eigenvalue weighted by Crippen LogP contribution is -2.55. The summed E-state index contributed by atoms with van der Waals surface area (Å²) in [6.45, 7) is 0. The summed E-state index contributed by atoms with van der Waals surface area (Å²) in [5.74, 6) is -0.940. The van der Waals surface area contributed by atoms with Crippen molar-refractivity contribution in [3.05, 3.63) is 29.8 Å². The number of nitrogens with zero attached hydrogens (tertiary/aromatic N) is 4. The zero-order valence-electron chi connectivity index (χ0n) is 18.6. The normalized spacial score (nSPS) is 21.4. The van der Waals surface area contributed by atoms with Gasteiger partial charge in [-0.15, -0.1) is 0 Å². The molecule has 0 bridgehead atoms. The van der Waals surface area contributed by atoms with E-state index in [4.69, 9.17) is 0 Å². The number of urea groups is 1. The Balaban J connectivity index is 1.52. The van der Waals surface area contributed by atoms with Crippen LogP contribution in [-0.4, -0.2) is 63.9 Å². The van der Waals surface area contributed by atoms with Crippen molar-refractivity contribution in [2.45, 2.75) is 31.9 Å². The van der Waals surface area contributed by atoms with Gasteiger partial charge in [0, 0.05) is 11.6 Å². The van der Waals surface area contributed by atoms with Gasteiger partial charge in [-0.2, -0.15) is 22.6 Å². The maximum atomic E-state index is 12.9. The molecular formula is C22H23F3N5O3S+. The summed E-state index contributed by atoms with van der Waals surface area (Å²) in [4.78, 5) is 48.0. The molecule has 1 aliphatic carbocycles. The second-order valence-corrected chi connectivity index (χ2v) is 9.34. The number of amides is 4. The summed E-state index contributed by atoms with van der Waals surface area (Å²) >= 11 is 1.06. The number of rotatable bonds is 4. The van der Waals surface area contributed by atoms with Gasteiger partial charge >= 0.3 is 18.1 Å². The van der Waals surface area contributed by atoms with Gasteiger partial charge in [0.15, 0.2) is 5.92 Å². The number of nitrogens with one attached hydrogen (secondary N) is 1. The third-order valence-corrected chi connectivity index (χ3v) is 7.05. The molecule has 1 aromatic rings. The molecule has 0 spiro atoms. The predicted octanol–water partition coefficient (Wildman–Crippen LogP) is 3.63. The highest BCUT2D eigenvalue weighted by molar-refractivity contribution is 8.14. The van der Waals surface area contributed by atoms with Crippen LogP contribution in [-0.2, 0) is 15.8 Å². The van der Waals surface area contributed by atoms with Crippen LogP contribution in [0.5, 0.6) is 0 Å². The van der Waals surface area contributed by atoms with Crippen molar-refractivity contribution in [2.24, 2.45) is 21.8 Å². The van der Waals surface area contributed by atoms with Gasteiger partial charge in [-0.1, -0.05) is 29.6 Å². The van der Waals surface area contributed by atoms with Crippen molar-refractivity contribution in [3.8, 4) is 0 Å². The average molecular weight is 495 g/mol. The third kappa shape index (κ3) is 4.77. The van der Waals surface area contributed by atoms with E-state index in [1.807, 2.05) is 0 Å². The standard InChI is InChI=1S/C22H22F3N5O3S/c1-29-18-16(20(32)30(2)21(29)33)19(28-17(27-18)12-5-3-4-6-12)34-11-15(31)26-14-9-7-13(8-10-14)22(23,24)25/h7-10,12,16H,3-6,11H2,1-2H3/p+1. The Bertz CT molecular complexity index is 1120. The molecule has 2 aliphatic heterocycles. The number of halogens is 3. The third-order valence-electron chi connectivity index (χ3n) is 6.02. The Hall–Kier alpha value is -3.02. The van der Waals surface area contributed by atoms with Gasteiger partial charge in [0.1, 0.15) is 5.04 Å². The van der Waals surface area contributed by atoms with Crippen molar-refractivity contribution < 1.29 is 32.1 Å². The maximum Gasteiger partial charge on any atom is 0.445 e. The minimum atomic E-state index is -4.46. The first-order valence-electron chi connectivity index (χ1n) is 10.8. The Morgan fingerprint density at radius 2 is 1.82 bits per heavy atom. The van der Waals surface area contributed by atoms with Crippen LogP contribution in [0.2, 0.25) is 0 Å². The lowest BCUT2D eigenvalue weighted by molar-refractivity contribution is -0.407. The van der Waals surface area contributed by atoms with Crippen molar-refractivity contribution >= 4 is 52.0 Å². The van der Waals surface area contributed by atoms with Gasteiger partial charge in [-0.05, 0) is 37.1 Å². The minimum Gasteiger partial charge on any atom is -0.325 e. The second kappa shape index (κ2) is 9.32. The van der Waals surface area contributed by atoms with E-state index < -0.39 is 35.5 Å². The first-order valence-corrected chi connectivity index (χ1v) is 11.7. The van der Waals surface area contributed by atoms with E-state index in [1.165, 1.54) is 23.8 Å².